The third kappa shape index (κ3) is 1.61. The Morgan fingerprint density at radius 2 is 1.54 bits per heavy atom. The van der Waals surface area contributed by atoms with Crippen LogP contribution in [-0.4, -0.2) is 6.41 Å². The molecule has 0 spiro atoms. The molecule has 1 aromatic rings. The molecule has 0 fully saturated rings. The molecule has 6 heteroatoms. The molecule has 0 saturated heterocycles. The lowest BCUT2D eigenvalue weighted by molar-refractivity contribution is -0.105. The van der Waals surface area contributed by atoms with E-state index in [2.05, 4.69) is 0 Å². The number of nitrogens with one attached hydrogen (secondary N) is 1. The lowest BCUT2D eigenvalue weighted by Gasteiger charge is -2.03. The quantitative estimate of drug-likeness (QED) is 0.433. The highest BCUT2D eigenvalue weighted by atomic mass is 19.2. The molecule has 0 radical (unpaired) electrons. The molecular weight excluding hydrogens is 190 g/mol. The van der Waals surface area contributed by atoms with E-state index in [1.807, 2.05) is 0 Å². The van der Waals surface area contributed by atoms with E-state index in [0.717, 1.165) is 0 Å². The van der Waals surface area contributed by atoms with Crippen LogP contribution in [0.4, 0.5) is 23.2 Å². The molecule has 0 heterocycles. The number of benzene rings is 1. The van der Waals surface area contributed by atoms with Gasteiger partial charge in [-0.3, -0.25) is 4.79 Å². The molecule has 1 N–H and O–H groups in total. The summed E-state index contributed by atoms with van der Waals surface area (Å²) in [4.78, 5) is 9.81. The highest BCUT2D eigenvalue weighted by Gasteiger charge is 2.18. The zero-order valence-corrected chi connectivity index (χ0v) is 6.07. The number of halogens is 4. The van der Waals surface area contributed by atoms with Gasteiger partial charge in [0, 0.05) is 6.07 Å². The Morgan fingerprint density at radius 3 is 1.92 bits per heavy atom. The van der Waals surface area contributed by atoms with E-state index in [4.69, 9.17) is 0 Å². The molecule has 0 aliphatic heterocycles. The topological polar surface area (TPSA) is 29.1 Å². The van der Waals surface area contributed by atoms with E-state index in [-0.39, 0.29) is 12.5 Å². The van der Waals surface area contributed by atoms with Crippen molar-refractivity contribution in [1.82, 2.24) is 0 Å². The van der Waals surface area contributed by atoms with Gasteiger partial charge < -0.3 is 5.32 Å². The van der Waals surface area contributed by atoms with E-state index in [0.29, 0.717) is 0 Å². The minimum Gasteiger partial charge on any atom is -0.324 e. The highest BCUT2D eigenvalue weighted by molar-refractivity contribution is 5.71. The molecule has 1 rings (SSSR count). The van der Waals surface area contributed by atoms with E-state index in [9.17, 15) is 22.4 Å². The first-order valence-electron chi connectivity index (χ1n) is 3.11. The number of rotatable bonds is 2. The Morgan fingerprint density at radius 1 is 1.08 bits per heavy atom. The van der Waals surface area contributed by atoms with E-state index in [1.165, 1.54) is 5.32 Å². The van der Waals surface area contributed by atoms with Gasteiger partial charge in [-0.2, -0.15) is 0 Å². The van der Waals surface area contributed by atoms with Gasteiger partial charge in [0.05, 0.1) is 0 Å². The first kappa shape index (κ1) is 9.50. The molecule has 0 atom stereocenters. The second kappa shape index (κ2) is 3.42. The van der Waals surface area contributed by atoms with Crippen LogP contribution in [0, 0.1) is 23.3 Å². The fourth-order valence-electron chi connectivity index (χ4n) is 0.759. The van der Waals surface area contributed by atoms with Gasteiger partial charge in [-0.1, -0.05) is 0 Å². The van der Waals surface area contributed by atoms with Crippen LogP contribution >= 0.6 is 0 Å². The normalized spacial score (nSPS) is 9.85. The second-order valence-electron chi connectivity index (χ2n) is 2.11. The van der Waals surface area contributed by atoms with Crippen LogP contribution in [0.2, 0.25) is 0 Å². The van der Waals surface area contributed by atoms with Crippen molar-refractivity contribution < 1.29 is 22.4 Å². The molecule has 0 unspecified atom stereocenters. The van der Waals surface area contributed by atoms with Crippen LogP contribution in [0.1, 0.15) is 0 Å². The van der Waals surface area contributed by atoms with Crippen LogP contribution in [-0.2, 0) is 4.79 Å². The molecule has 70 valence electrons. The second-order valence-corrected chi connectivity index (χ2v) is 2.11. The molecule has 0 saturated carbocycles. The molecule has 1 amide bonds. The van der Waals surface area contributed by atoms with Crippen molar-refractivity contribution in [3.8, 4) is 0 Å². The summed E-state index contributed by atoms with van der Waals surface area (Å²) in [6.45, 7) is 0. The van der Waals surface area contributed by atoms with Gasteiger partial charge in [-0.05, 0) is 0 Å². The SMILES string of the molecule is O=CNc1c(F)c(F)cc(F)c1F. The van der Waals surface area contributed by atoms with Crippen LogP contribution in [0.25, 0.3) is 0 Å². The lowest BCUT2D eigenvalue weighted by Crippen LogP contribution is -2.04. The maximum atomic E-state index is 12.6. The first-order chi connectivity index (χ1) is 6.07. The Labute approximate surface area is 70.2 Å². The average molecular weight is 193 g/mol. The van der Waals surface area contributed by atoms with Crippen molar-refractivity contribution in [2.45, 2.75) is 0 Å². The molecule has 0 aromatic heterocycles. The largest absolute Gasteiger partial charge is 0.324 e. The van der Waals surface area contributed by atoms with Crippen LogP contribution in [0.3, 0.4) is 0 Å². The standard InChI is InChI=1S/C7H3F4NO/c8-3-1-4(9)6(11)7(5(3)10)12-2-13/h1-2H,(H,12,13). The predicted octanol–water partition coefficient (Wildman–Crippen LogP) is 1.81. The molecule has 0 aliphatic carbocycles. The van der Waals surface area contributed by atoms with Gasteiger partial charge in [0.15, 0.2) is 23.3 Å². The third-order valence-corrected chi connectivity index (χ3v) is 1.32. The Bertz CT molecular complexity index is 327. The summed E-state index contributed by atoms with van der Waals surface area (Å²) in [5.41, 5.74) is -1.13. The Balaban J connectivity index is 3.36. The van der Waals surface area contributed by atoms with Crippen LogP contribution in [0.5, 0.6) is 0 Å². The van der Waals surface area contributed by atoms with Crippen molar-refractivity contribution in [3.05, 3.63) is 29.3 Å². The van der Waals surface area contributed by atoms with E-state index in [1.54, 1.807) is 0 Å². The smallest absolute Gasteiger partial charge is 0.211 e. The van der Waals surface area contributed by atoms with E-state index < -0.39 is 29.0 Å². The summed E-state index contributed by atoms with van der Waals surface area (Å²) in [6, 6.07) is 0.0562. The Kier molecular flexibility index (Phi) is 2.50. The van der Waals surface area contributed by atoms with Gasteiger partial charge in [0.25, 0.3) is 0 Å². The molecule has 0 aliphatic rings. The van der Waals surface area contributed by atoms with Crippen LogP contribution < -0.4 is 5.32 Å². The maximum Gasteiger partial charge on any atom is 0.211 e. The monoisotopic (exact) mass is 193 g/mol. The van der Waals surface area contributed by atoms with Crippen molar-refractivity contribution in [2.24, 2.45) is 0 Å². The minimum absolute atomic E-state index is 0.0562. The molecular formula is C7H3F4NO. The fourth-order valence-corrected chi connectivity index (χ4v) is 0.759. The number of hydrogen-bond donors (Lipinski definition) is 1. The highest BCUT2D eigenvalue weighted by Crippen LogP contribution is 2.23. The third-order valence-electron chi connectivity index (χ3n) is 1.32. The number of hydrogen-bond acceptors (Lipinski definition) is 1. The number of carbonyl (C=O) groups is 1. The number of carbonyl (C=O) groups excluding carboxylic acids is 1. The van der Waals surface area contributed by atoms with Gasteiger partial charge in [0.1, 0.15) is 5.69 Å². The maximum absolute atomic E-state index is 12.6. The van der Waals surface area contributed by atoms with Crippen LogP contribution in [0.15, 0.2) is 6.07 Å². The van der Waals surface area contributed by atoms with Gasteiger partial charge >= 0.3 is 0 Å². The summed E-state index contributed by atoms with van der Waals surface area (Å²) in [6.07, 6.45) is -0.0830. The van der Waals surface area contributed by atoms with Gasteiger partial charge in [-0.25, -0.2) is 17.6 Å². The van der Waals surface area contributed by atoms with Crippen molar-refractivity contribution in [2.75, 3.05) is 5.32 Å². The molecule has 13 heavy (non-hydrogen) atoms. The summed E-state index contributed by atoms with van der Waals surface area (Å²) < 4.78 is 50.1. The minimum atomic E-state index is -1.63. The lowest BCUT2D eigenvalue weighted by atomic mass is 10.2. The zero-order valence-electron chi connectivity index (χ0n) is 6.07. The summed E-state index contributed by atoms with van der Waals surface area (Å²) in [5.74, 6) is -6.40. The van der Waals surface area contributed by atoms with Gasteiger partial charge in [-0.15, -0.1) is 0 Å². The van der Waals surface area contributed by atoms with Gasteiger partial charge in [0.2, 0.25) is 6.41 Å². The summed E-state index contributed by atoms with van der Waals surface area (Å²) >= 11 is 0. The van der Waals surface area contributed by atoms with Crippen molar-refractivity contribution in [1.29, 1.82) is 0 Å². The zero-order chi connectivity index (χ0) is 10.0. The number of amides is 1. The summed E-state index contributed by atoms with van der Waals surface area (Å²) in [7, 11) is 0. The molecule has 2 nitrogen and oxygen atoms in total. The predicted molar refractivity (Wildman–Crippen MR) is 36.0 cm³/mol. The molecule has 1 aromatic carbocycles. The molecule has 0 bridgehead atoms. The fraction of sp³-hybridized carbons (Fsp3) is 0. The first-order valence-corrected chi connectivity index (χ1v) is 3.11. The van der Waals surface area contributed by atoms with Crippen molar-refractivity contribution in [3.63, 3.8) is 0 Å². The Hall–Kier alpha value is -1.59. The number of anilines is 1. The van der Waals surface area contributed by atoms with E-state index >= 15 is 0 Å². The summed E-state index contributed by atoms with van der Waals surface area (Å²) in [5, 5.41) is 1.52. The van der Waals surface area contributed by atoms with Crippen molar-refractivity contribution >= 4 is 12.1 Å². The average Bonchev–Trinajstić information content (AvgIpc) is 2.09.